The Morgan fingerprint density at radius 1 is 1.43 bits per heavy atom. The third-order valence-electron chi connectivity index (χ3n) is 3.34. The zero-order chi connectivity index (χ0) is 15.4. The smallest absolute Gasteiger partial charge is 0.243 e. The molecule has 7 nitrogen and oxygen atoms in total. The second-order valence-corrected chi connectivity index (χ2v) is 5.23. The normalized spacial score (nSPS) is 19.5. The maximum Gasteiger partial charge on any atom is 0.243 e. The zero-order valence-electron chi connectivity index (χ0n) is 12.6. The van der Waals surface area contributed by atoms with E-state index in [1.165, 1.54) is 0 Å². The molecule has 0 saturated carbocycles. The lowest BCUT2D eigenvalue weighted by molar-refractivity contribution is -0.139. The molecule has 0 bridgehead atoms. The average molecular weight is 291 g/mol. The number of piperazine rings is 1. The Balaban J connectivity index is 2.12. The number of nitrogens with zero attached hydrogens (tertiary/aromatic N) is 3. The largest absolute Gasteiger partial charge is 0.370 e. The second kappa shape index (κ2) is 6.62. The van der Waals surface area contributed by atoms with Crippen molar-refractivity contribution in [3.05, 3.63) is 17.6 Å². The van der Waals surface area contributed by atoms with Crippen molar-refractivity contribution in [2.45, 2.75) is 39.8 Å². The van der Waals surface area contributed by atoms with Gasteiger partial charge in [0.25, 0.3) is 0 Å². The van der Waals surface area contributed by atoms with Crippen molar-refractivity contribution in [2.24, 2.45) is 0 Å². The van der Waals surface area contributed by atoms with Gasteiger partial charge in [0.1, 0.15) is 11.6 Å². The Kier molecular flexibility index (Phi) is 4.85. The number of aromatic nitrogens is 2. The summed E-state index contributed by atoms with van der Waals surface area (Å²) in [5.74, 6) is 0.834. The molecule has 1 aliphatic heterocycles. The molecule has 1 aromatic rings. The van der Waals surface area contributed by atoms with Crippen LogP contribution >= 0.6 is 0 Å². The summed E-state index contributed by atoms with van der Waals surface area (Å²) in [5.41, 5.74) is 0.860. The molecule has 0 radical (unpaired) electrons. The molecule has 1 unspecified atom stereocenters. The SMILES string of the molecule is CCCNc1cc(C)nc(CN2CC(=O)NC(=O)C2C)n1. The van der Waals surface area contributed by atoms with Crippen LogP contribution in [0, 0.1) is 6.92 Å². The molecule has 1 aromatic heterocycles. The van der Waals surface area contributed by atoms with Gasteiger partial charge in [0.2, 0.25) is 11.8 Å². The van der Waals surface area contributed by atoms with Gasteiger partial charge in [0.15, 0.2) is 0 Å². The minimum Gasteiger partial charge on any atom is -0.370 e. The van der Waals surface area contributed by atoms with Gasteiger partial charge in [-0.25, -0.2) is 9.97 Å². The van der Waals surface area contributed by atoms with Gasteiger partial charge < -0.3 is 5.32 Å². The molecule has 2 amide bonds. The van der Waals surface area contributed by atoms with Crippen molar-refractivity contribution in [2.75, 3.05) is 18.4 Å². The van der Waals surface area contributed by atoms with Crippen molar-refractivity contribution >= 4 is 17.6 Å². The fourth-order valence-corrected chi connectivity index (χ4v) is 2.19. The van der Waals surface area contributed by atoms with E-state index in [9.17, 15) is 9.59 Å². The monoisotopic (exact) mass is 291 g/mol. The third kappa shape index (κ3) is 3.98. The molecular formula is C14H21N5O2. The van der Waals surface area contributed by atoms with Crippen molar-refractivity contribution in [1.29, 1.82) is 0 Å². The Morgan fingerprint density at radius 3 is 2.90 bits per heavy atom. The van der Waals surface area contributed by atoms with Crippen LogP contribution in [-0.4, -0.2) is 45.8 Å². The minimum absolute atomic E-state index is 0.182. The standard InChI is InChI=1S/C14H21N5O2/c1-4-5-15-11-6-9(2)16-12(17-11)7-19-8-13(20)18-14(21)10(19)3/h6,10H,4-5,7-8H2,1-3H3,(H,15,16,17)(H,18,20,21). The molecule has 21 heavy (non-hydrogen) atoms. The lowest BCUT2D eigenvalue weighted by Crippen LogP contribution is -2.56. The number of imide groups is 1. The van der Waals surface area contributed by atoms with Crippen LogP contribution in [0.25, 0.3) is 0 Å². The summed E-state index contributed by atoms with van der Waals surface area (Å²) in [6, 6.07) is 1.52. The molecule has 0 aromatic carbocycles. The molecule has 1 aliphatic rings. The first kappa shape index (κ1) is 15.4. The first-order valence-corrected chi connectivity index (χ1v) is 7.15. The number of rotatable bonds is 5. The van der Waals surface area contributed by atoms with E-state index in [0.717, 1.165) is 24.5 Å². The molecule has 2 rings (SSSR count). The van der Waals surface area contributed by atoms with Gasteiger partial charge in [0.05, 0.1) is 19.1 Å². The van der Waals surface area contributed by atoms with Crippen LogP contribution in [0.15, 0.2) is 6.07 Å². The Morgan fingerprint density at radius 2 is 2.19 bits per heavy atom. The number of nitrogens with one attached hydrogen (secondary N) is 2. The van der Waals surface area contributed by atoms with Crippen LogP contribution in [0.3, 0.4) is 0 Å². The van der Waals surface area contributed by atoms with Gasteiger partial charge >= 0.3 is 0 Å². The highest BCUT2D eigenvalue weighted by Crippen LogP contribution is 2.12. The average Bonchev–Trinajstić information content (AvgIpc) is 2.41. The van der Waals surface area contributed by atoms with Crippen molar-refractivity contribution in [3.63, 3.8) is 0 Å². The van der Waals surface area contributed by atoms with Gasteiger partial charge in [-0.15, -0.1) is 0 Å². The maximum atomic E-state index is 11.7. The first-order chi connectivity index (χ1) is 9.99. The van der Waals surface area contributed by atoms with Crippen LogP contribution < -0.4 is 10.6 Å². The van der Waals surface area contributed by atoms with E-state index in [0.29, 0.717) is 12.4 Å². The highest BCUT2D eigenvalue weighted by Gasteiger charge is 2.30. The number of aryl methyl sites for hydroxylation is 1. The van der Waals surface area contributed by atoms with Crippen molar-refractivity contribution in [1.82, 2.24) is 20.2 Å². The van der Waals surface area contributed by atoms with Gasteiger partial charge in [-0.2, -0.15) is 0 Å². The van der Waals surface area contributed by atoms with Gasteiger partial charge in [-0.05, 0) is 20.3 Å². The maximum absolute atomic E-state index is 11.7. The van der Waals surface area contributed by atoms with Crippen molar-refractivity contribution < 1.29 is 9.59 Å². The Bertz CT molecular complexity index is 546. The number of carbonyl (C=O) groups is 2. The number of hydrogen-bond donors (Lipinski definition) is 2. The van der Waals surface area contributed by atoms with E-state index in [1.54, 1.807) is 11.8 Å². The lowest BCUT2D eigenvalue weighted by Gasteiger charge is -2.30. The van der Waals surface area contributed by atoms with E-state index < -0.39 is 0 Å². The molecule has 2 N–H and O–H groups in total. The fraction of sp³-hybridized carbons (Fsp3) is 0.571. The zero-order valence-corrected chi connectivity index (χ0v) is 12.6. The molecule has 1 saturated heterocycles. The molecular weight excluding hydrogens is 270 g/mol. The predicted molar refractivity (Wildman–Crippen MR) is 78.6 cm³/mol. The first-order valence-electron chi connectivity index (χ1n) is 7.15. The summed E-state index contributed by atoms with van der Waals surface area (Å²) in [7, 11) is 0. The van der Waals surface area contributed by atoms with E-state index >= 15 is 0 Å². The fourth-order valence-electron chi connectivity index (χ4n) is 2.19. The summed E-state index contributed by atoms with van der Waals surface area (Å²) >= 11 is 0. The molecule has 1 fully saturated rings. The summed E-state index contributed by atoms with van der Waals surface area (Å²) < 4.78 is 0. The quantitative estimate of drug-likeness (QED) is 0.766. The van der Waals surface area contributed by atoms with Gasteiger partial charge in [-0.1, -0.05) is 6.92 Å². The van der Waals surface area contributed by atoms with Gasteiger partial charge in [0, 0.05) is 18.3 Å². The summed E-state index contributed by atoms with van der Waals surface area (Å²) in [4.78, 5) is 33.7. The highest BCUT2D eigenvalue weighted by molar-refractivity contribution is 6.00. The third-order valence-corrected chi connectivity index (χ3v) is 3.34. The van der Waals surface area contributed by atoms with E-state index in [-0.39, 0.29) is 24.4 Å². The number of anilines is 1. The Hall–Kier alpha value is -2.02. The minimum atomic E-state index is -0.362. The molecule has 0 spiro atoms. The van der Waals surface area contributed by atoms with Gasteiger partial charge in [-0.3, -0.25) is 19.8 Å². The van der Waals surface area contributed by atoms with Crippen molar-refractivity contribution in [3.8, 4) is 0 Å². The molecule has 0 aliphatic carbocycles. The second-order valence-electron chi connectivity index (χ2n) is 5.23. The number of carbonyl (C=O) groups excluding carboxylic acids is 2. The van der Waals surface area contributed by atoms with E-state index in [2.05, 4.69) is 27.5 Å². The summed E-state index contributed by atoms with van der Waals surface area (Å²) in [6.45, 7) is 7.16. The Labute approximate surface area is 124 Å². The highest BCUT2D eigenvalue weighted by atomic mass is 16.2. The molecule has 7 heteroatoms. The number of hydrogen-bond acceptors (Lipinski definition) is 6. The van der Waals surface area contributed by atoms with Crippen LogP contribution in [0.5, 0.6) is 0 Å². The van der Waals surface area contributed by atoms with E-state index in [1.807, 2.05) is 13.0 Å². The van der Waals surface area contributed by atoms with Crippen LogP contribution in [0.2, 0.25) is 0 Å². The molecule has 1 atom stereocenters. The predicted octanol–water partition coefficient (Wildman–Crippen LogP) is 0.454. The topological polar surface area (TPSA) is 87.2 Å². The summed E-state index contributed by atoms with van der Waals surface area (Å²) in [6.07, 6.45) is 1.01. The lowest BCUT2D eigenvalue weighted by atomic mass is 10.2. The number of amides is 2. The van der Waals surface area contributed by atoms with Crippen LogP contribution in [0.1, 0.15) is 31.8 Å². The van der Waals surface area contributed by atoms with Crippen LogP contribution in [0.4, 0.5) is 5.82 Å². The summed E-state index contributed by atoms with van der Waals surface area (Å²) in [5, 5.41) is 5.55. The van der Waals surface area contributed by atoms with E-state index in [4.69, 9.17) is 0 Å². The molecule has 114 valence electrons. The molecule has 2 heterocycles. The van der Waals surface area contributed by atoms with Crippen LogP contribution in [-0.2, 0) is 16.1 Å².